The molecule has 0 saturated heterocycles. The first-order valence-electron chi connectivity index (χ1n) is 8.05. The van der Waals surface area contributed by atoms with Gasteiger partial charge in [0.1, 0.15) is 12.2 Å². The summed E-state index contributed by atoms with van der Waals surface area (Å²) < 4.78 is 6.14. The molecular weight excluding hydrogens is 320 g/mol. The Balaban J connectivity index is 1.71. The number of hydrogen-bond acceptors (Lipinski definition) is 4. The zero-order chi connectivity index (χ0) is 17.8. The number of carbonyl (C=O) groups is 3. The average Bonchev–Trinajstić information content (AvgIpc) is 3.15. The Bertz CT molecular complexity index is 850. The van der Waals surface area contributed by atoms with E-state index in [0.717, 1.165) is 5.56 Å². The molecule has 1 aliphatic rings. The van der Waals surface area contributed by atoms with Gasteiger partial charge in [-0.25, -0.2) is 0 Å². The minimum atomic E-state index is -0.515. The first-order valence-corrected chi connectivity index (χ1v) is 8.05. The third-order valence-electron chi connectivity index (χ3n) is 3.88. The number of nitrogens with one attached hydrogen (secondary N) is 1. The van der Waals surface area contributed by atoms with Crippen molar-refractivity contribution in [2.24, 2.45) is 0 Å². The number of benzene rings is 1. The van der Waals surface area contributed by atoms with Gasteiger partial charge in [0.2, 0.25) is 0 Å². The lowest BCUT2D eigenvalue weighted by atomic mass is 10.1. The highest BCUT2D eigenvalue weighted by molar-refractivity contribution is 6.09. The summed E-state index contributed by atoms with van der Waals surface area (Å²) in [5, 5.41) is 2.47. The van der Waals surface area contributed by atoms with Crippen LogP contribution in [0.5, 0.6) is 0 Å². The second kappa shape index (κ2) is 7.17. The molecule has 1 aromatic carbocycles. The van der Waals surface area contributed by atoms with Crippen LogP contribution in [0, 0.1) is 0 Å². The lowest BCUT2D eigenvalue weighted by molar-refractivity contribution is -0.141. The van der Waals surface area contributed by atoms with E-state index in [1.807, 2.05) is 30.3 Å². The van der Waals surface area contributed by atoms with Gasteiger partial charge in [-0.1, -0.05) is 30.3 Å². The van der Waals surface area contributed by atoms with Gasteiger partial charge in [0.25, 0.3) is 11.8 Å². The number of rotatable bonds is 6. The van der Waals surface area contributed by atoms with E-state index in [0.29, 0.717) is 17.7 Å². The Morgan fingerprint density at radius 3 is 2.60 bits per heavy atom. The maximum Gasteiger partial charge on any atom is 0.325 e. The SMILES string of the molecule is CCOC(=O)CNC(=O)c1ccc2n1C(=O)C(Cc1ccccc1)=C2. The fourth-order valence-corrected chi connectivity index (χ4v) is 2.75. The van der Waals surface area contributed by atoms with E-state index in [-0.39, 0.29) is 24.8 Å². The van der Waals surface area contributed by atoms with Gasteiger partial charge in [0.15, 0.2) is 0 Å². The molecule has 1 aromatic heterocycles. The van der Waals surface area contributed by atoms with Crippen LogP contribution in [0.25, 0.3) is 6.08 Å². The van der Waals surface area contributed by atoms with E-state index in [4.69, 9.17) is 4.74 Å². The van der Waals surface area contributed by atoms with E-state index < -0.39 is 11.9 Å². The van der Waals surface area contributed by atoms with Crippen LogP contribution in [0.2, 0.25) is 0 Å². The fraction of sp³-hybridized carbons (Fsp3) is 0.211. The predicted molar refractivity (Wildman–Crippen MR) is 92.1 cm³/mol. The third kappa shape index (κ3) is 3.52. The van der Waals surface area contributed by atoms with Crippen molar-refractivity contribution in [3.05, 3.63) is 65.0 Å². The van der Waals surface area contributed by atoms with Crippen molar-refractivity contribution in [3.8, 4) is 0 Å². The van der Waals surface area contributed by atoms with Crippen molar-refractivity contribution < 1.29 is 19.1 Å². The summed E-state index contributed by atoms with van der Waals surface area (Å²) in [4.78, 5) is 36.3. The molecule has 6 heteroatoms. The highest BCUT2D eigenvalue weighted by atomic mass is 16.5. The van der Waals surface area contributed by atoms with Crippen LogP contribution in [-0.2, 0) is 16.0 Å². The summed E-state index contributed by atoms with van der Waals surface area (Å²) in [6.45, 7) is 1.71. The number of ether oxygens (including phenoxy) is 1. The van der Waals surface area contributed by atoms with Gasteiger partial charge in [-0.15, -0.1) is 0 Å². The molecule has 128 valence electrons. The number of nitrogens with zero attached hydrogens (tertiary/aromatic N) is 1. The van der Waals surface area contributed by atoms with Gasteiger partial charge in [0.05, 0.1) is 6.61 Å². The van der Waals surface area contributed by atoms with E-state index in [9.17, 15) is 14.4 Å². The quantitative estimate of drug-likeness (QED) is 0.818. The highest BCUT2D eigenvalue weighted by Gasteiger charge is 2.27. The van der Waals surface area contributed by atoms with Gasteiger partial charge >= 0.3 is 5.97 Å². The van der Waals surface area contributed by atoms with Crippen LogP contribution in [0.15, 0.2) is 48.0 Å². The highest BCUT2D eigenvalue weighted by Crippen LogP contribution is 2.24. The minimum Gasteiger partial charge on any atom is -0.465 e. The summed E-state index contributed by atoms with van der Waals surface area (Å²) >= 11 is 0. The molecule has 0 aliphatic carbocycles. The van der Waals surface area contributed by atoms with Crippen LogP contribution >= 0.6 is 0 Å². The van der Waals surface area contributed by atoms with Gasteiger partial charge in [-0.3, -0.25) is 19.0 Å². The molecule has 0 spiro atoms. The molecular formula is C19H18N2O4. The van der Waals surface area contributed by atoms with Crippen molar-refractivity contribution >= 4 is 23.9 Å². The Hall–Kier alpha value is -3.15. The van der Waals surface area contributed by atoms with E-state index in [1.54, 1.807) is 25.1 Å². The van der Waals surface area contributed by atoms with Crippen molar-refractivity contribution in [1.29, 1.82) is 0 Å². The van der Waals surface area contributed by atoms with Gasteiger partial charge in [0, 0.05) is 17.7 Å². The molecule has 0 bridgehead atoms. The second-order valence-electron chi connectivity index (χ2n) is 5.60. The lowest BCUT2D eigenvalue weighted by Crippen LogP contribution is -2.32. The largest absolute Gasteiger partial charge is 0.465 e. The molecule has 1 amide bonds. The van der Waals surface area contributed by atoms with Crippen LogP contribution < -0.4 is 5.32 Å². The number of aromatic nitrogens is 1. The van der Waals surface area contributed by atoms with Crippen molar-refractivity contribution in [2.75, 3.05) is 13.2 Å². The molecule has 2 aromatic rings. The molecule has 0 radical (unpaired) electrons. The number of hydrogen-bond donors (Lipinski definition) is 1. The summed E-state index contributed by atoms with van der Waals surface area (Å²) in [5.41, 5.74) is 2.53. The molecule has 1 N–H and O–H groups in total. The molecule has 6 nitrogen and oxygen atoms in total. The van der Waals surface area contributed by atoms with E-state index in [1.165, 1.54) is 4.57 Å². The van der Waals surface area contributed by atoms with Crippen molar-refractivity contribution in [3.63, 3.8) is 0 Å². The number of carbonyl (C=O) groups excluding carboxylic acids is 3. The van der Waals surface area contributed by atoms with Crippen LogP contribution in [0.1, 0.15) is 33.5 Å². The Morgan fingerprint density at radius 1 is 1.12 bits per heavy atom. The predicted octanol–water partition coefficient (Wildman–Crippen LogP) is 2.06. The summed E-state index contributed by atoms with van der Waals surface area (Å²) in [5.74, 6) is -1.22. The maximum atomic E-state index is 12.7. The molecule has 2 heterocycles. The van der Waals surface area contributed by atoms with Crippen LogP contribution in [-0.4, -0.2) is 35.5 Å². The minimum absolute atomic E-state index is 0.212. The van der Waals surface area contributed by atoms with E-state index in [2.05, 4.69) is 5.32 Å². The molecule has 1 aliphatic heterocycles. The molecule has 3 rings (SSSR count). The van der Waals surface area contributed by atoms with Gasteiger partial charge in [-0.05, 0) is 30.7 Å². The summed E-state index contributed by atoms with van der Waals surface area (Å²) in [6, 6.07) is 13.0. The molecule has 0 unspecified atom stereocenters. The first-order chi connectivity index (χ1) is 12.1. The molecule has 25 heavy (non-hydrogen) atoms. The lowest BCUT2D eigenvalue weighted by Gasteiger charge is -2.08. The number of allylic oxidation sites excluding steroid dienone is 1. The molecule has 0 fully saturated rings. The third-order valence-corrected chi connectivity index (χ3v) is 3.88. The summed E-state index contributed by atoms with van der Waals surface area (Å²) in [6.07, 6.45) is 2.29. The second-order valence-corrected chi connectivity index (χ2v) is 5.60. The number of fused-ring (bicyclic) bond motifs is 1. The Kier molecular flexibility index (Phi) is 4.79. The number of esters is 1. The summed E-state index contributed by atoms with van der Waals surface area (Å²) in [7, 11) is 0. The maximum absolute atomic E-state index is 12.7. The van der Waals surface area contributed by atoms with Crippen LogP contribution in [0.4, 0.5) is 0 Å². The zero-order valence-electron chi connectivity index (χ0n) is 13.8. The fourth-order valence-electron chi connectivity index (χ4n) is 2.75. The normalized spacial score (nSPS) is 12.5. The van der Waals surface area contributed by atoms with Gasteiger partial charge in [-0.2, -0.15) is 0 Å². The van der Waals surface area contributed by atoms with Crippen molar-refractivity contribution in [2.45, 2.75) is 13.3 Å². The molecule has 0 saturated carbocycles. The molecule has 0 atom stereocenters. The smallest absolute Gasteiger partial charge is 0.325 e. The zero-order valence-corrected chi connectivity index (χ0v) is 13.8. The monoisotopic (exact) mass is 338 g/mol. The topological polar surface area (TPSA) is 77.4 Å². The van der Waals surface area contributed by atoms with Crippen LogP contribution in [0.3, 0.4) is 0 Å². The van der Waals surface area contributed by atoms with Gasteiger partial charge < -0.3 is 10.1 Å². The Labute approximate surface area is 145 Å². The van der Waals surface area contributed by atoms with E-state index >= 15 is 0 Å². The number of amides is 1. The standard InChI is InChI=1S/C19H18N2O4/c1-2-25-17(22)12-20-18(23)16-9-8-15-11-14(19(24)21(15)16)10-13-6-4-3-5-7-13/h3-9,11H,2,10,12H2,1H3,(H,20,23). The average molecular weight is 338 g/mol. The van der Waals surface area contributed by atoms with Crippen molar-refractivity contribution in [1.82, 2.24) is 9.88 Å². The first kappa shape index (κ1) is 16.7. The Morgan fingerprint density at radius 2 is 1.88 bits per heavy atom.